The third-order valence-corrected chi connectivity index (χ3v) is 3.45. The van der Waals surface area contributed by atoms with E-state index >= 15 is 0 Å². The number of methoxy groups -OCH3 is 2. The van der Waals surface area contributed by atoms with Crippen LogP contribution in [0.25, 0.3) is 0 Å². The molecule has 0 bridgehead atoms. The number of hydrogen-bond donors (Lipinski definition) is 1. The van der Waals surface area contributed by atoms with Crippen molar-refractivity contribution in [2.24, 2.45) is 5.92 Å². The summed E-state index contributed by atoms with van der Waals surface area (Å²) in [6.45, 7) is 5.92. The highest BCUT2D eigenvalue weighted by molar-refractivity contribution is 5.72. The minimum absolute atomic E-state index is 0.0459. The lowest BCUT2D eigenvalue weighted by atomic mass is 10.0. The molecule has 0 saturated heterocycles. The van der Waals surface area contributed by atoms with Gasteiger partial charge in [0.15, 0.2) is 0 Å². The summed E-state index contributed by atoms with van der Waals surface area (Å²) in [7, 11) is 3.06. The Morgan fingerprint density at radius 3 is 2.16 bits per heavy atom. The molecule has 2 unspecified atom stereocenters. The second-order valence-corrected chi connectivity index (χ2v) is 4.76. The summed E-state index contributed by atoms with van der Waals surface area (Å²) < 4.78 is 9.89. The van der Waals surface area contributed by atoms with Gasteiger partial charge in [0.05, 0.1) is 20.1 Å². The summed E-state index contributed by atoms with van der Waals surface area (Å²) in [5.74, 6) is 0.472. The normalized spacial score (nSPS) is 15.4. The maximum Gasteiger partial charge on any atom is 0.309 e. The Hall–Kier alpha value is -1.55. The van der Waals surface area contributed by atoms with Gasteiger partial charge in [-0.15, -0.1) is 0 Å². The van der Waals surface area contributed by atoms with Crippen molar-refractivity contribution in [2.75, 3.05) is 14.2 Å². The van der Waals surface area contributed by atoms with Crippen LogP contribution in [0.15, 0.2) is 24.3 Å². The molecule has 1 aromatic carbocycles. The van der Waals surface area contributed by atoms with Gasteiger partial charge < -0.3 is 14.8 Å². The first-order chi connectivity index (χ1) is 8.99. The summed E-state index contributed by atoms with van der Waals surface area (Å²) >= 11 is 0. The molecule has 1 aromatic rings. The lowest BCUT2D eigenvalue weighted by Crippen LogP contribution is -2.38. The van der Waals surface area contributed by atoms with Gasteiger partial charge in [0.2, 0.25) is 0 Å². The van der Waals surface area contributed by atoms with Crippen molar-refractivity contribution in [3.63, 3.8) is 0 Å². The zero-order chi connectivity index (χ0) is 14.4. The molecule has 0 radical (unpaired) electrons. The minimum atomic E-state index is -0.193. The van der Waals surface area contributed by atoms with Gasteiger partial charge in [-0.2, -0.15) is 0 Å². The third-order valence-electron chi connectivity index (χ3n) is 3.45. The predicted molar refractivity (Wildman–Crippen MR) is 75.2 cm³/mol. The van der Waals surface area contributed by atoms with Gasteiger partial charge in [0, 0.05) is 12.1 Å². The molecule has 0 fully saturated rings. The van der Waals surface area contributed by atoms with E-state index in [4.69, 9.17) is 9.47 Å². The summed E-state index contributed by atoms with van der Waals surface area (Å²) in [6.07, 6.45) is 0. The molecule has 1 N–H and O–H groups in total. The highest BCUT2D eigenvalue weighted by Crippen LogP contribution is 2.19. The van der Waals surface area contributed by atoms with E-state index in [1.54, 1.807) is 7.11 Å². The van der Waals surface area contributed by atoms with Crippen LogP contribution in [-0.4, -0.2) is 26.2 Å². The van der Waals surface area contributed by atoms with Crippen molar-refractivity contribution in [1.82, 2.24) is 5.32 Å². The van der Waals surface area contributed by atoms with Crippen LogP contribution >= 0.6 is 0 Å². The Kier molecular flexibility index (Phi) is 5.83. The maximum atomic E-state index is 11.5. The number of nitrogens with one attached hydrogen (secondary N) is 1. The van der Waals surface area contributed by atoms with Crippen LogP contribution in [0.2, 0.25) is 0 Å². The first-order valence-corrected chi connectivity index (χ1v) is 6.47. The monoisotopic (exact) mass is 265 g/mol. The van der Waals surface area contributed by atoms with Crippen molar-refractivity contribution in [1.29, 1.82) is 0 Å². The van der Waals surface area contributed by atoms with Crippen molar-refractivity contribution < 1.29 is 14.3 Å². The van der Waals surface area contributed by atoms with E-state index in [0.29, 0.717) is 0 Å². The van der Waals surface area contributed by atoms with Gasteiger partial charge in [0.25, 0.3) is 0 Å². The van der Waals surface area contributed by atoms with Gasteiger partial charge in [-0.3, -0.25) is 4.79 Å². The van der Waals surface area contributed by atoms with Gasteiger partial charge in [-0.1, -0.05) is 19.1 Å². The largest absolute Gasteiger partial charge is 0.497 e. The second kappa shape index (κ2) is 7.14. The zero-order valence-corrected chi connectivity index (χ0v) is 12.3. The highest BCUT2D eigenvalue weighted by Gasteiger charge is 2.22. The van der Waals surface area contributed by atoms with E-state index in [-0.39, 0.29) is 24.0 Å². The molecule has 0 heterocycles. The number of carbonyl (C=O) groups excluding carboxylic acids is 1. The van der Waals surface area contributed by atoms with Crippen molar-refractivity contribution >= 4 is 5.97 Å². The van der Waals surface area contributed by atoms with E-state index < -0.39 is 0 Å². The molecule has 0 aliphatic heterocycles. The van der Waals surface area contributed by atoms with Gasteiger partial charge >= 0.3 is 5.97 Å². The fourth-order valence-corrected chi connectivity index (χ4v) is 1.92. The van der Waals surface area contributed by atoms with Gasteiger partial charge in [-0.25, -0.2) is 0 Å². The molecule has 0 aliphatic rings. The standard InChI is InChI=1S/C15H23NO3/c1-10(15(17)19-5)11(2)16-12(3)13-6-8-14(18-4)9-7-13/h6-12,16H,1-5H3/t10?,11?,12-/m0/s1. The van der Waals surface area contributed by atoms with E-state index in [1.807, 2.05) is 38.1 Å². The molecule has 0 saturated carbocycles. The molecular formula is C15H23NO3. The first kappa shape index (κ1) is 15.5. The average molecular weight is 265 g/mol. The third kappa shape index (κ3) is 4.24. The molecule has 0 aliphatic carbocycles. The fraction of sp³-hybridized carbons (Fsp3) is 0.533. The molecule has 106 valence electrons. The number of carbonyl (C=O) groups is 1. The highest BCUT2D eigenvalue weighted by atomic mass is 16.5. The Morgan fingerprint density at radius 2 is 1.68 bits per heavy atom. The smallest absolute Gasteiger partial charge is 0.309 e. The molecule has 4 nitrogen and oxygen atoms in total. The molecular weight excluding hydrogens is 242 g/mol. The molecule has 3 atom stereocenters. The Bertz CT molecular complexity index is 402. The van der Waals surface area contributed by atoms with Crippen LogP contribution in [0.1, 0.15) is 32.4 Å². The van der Waals surface area contributed by atoms with Crippen molar-refractivity contribution in [3.05, 3.63) is 29.8 Å². The van der Waals surface area contributed by atoms with Crippen molar-refractivity contribution in [3.8, 4) is 5.75 Å². The van der Waals surface area contributed by atoms with Crippen LogP contribution in [0.4, 0.5) is 0 Å². The quantitative estimate of drug-likeness (QED) is 0.803. The predicted octanol–water partition coefficient (Wildman–Crippen LogP) is 2.54. The fourth-order valence-electron chi connectivity index (χ4n) is 1.92. The van der Waals surface area contributed by atoms with Crippen molar-refractivity contribution in [2.45, 2.75) is 32.9 Å². The maximum absolute atomic E-state index is 11.5. The summed E-state index contributed by atoms with van der Waals surface area (Å²) in [5, 5.41) is 3.41. The number of hydrogen-bond acceptors (Lipinski definition) is 4. The van der Waals surface area contributed by atoms with E-state index in [0.717, 1.165) is 11.3 Å². The first-order valence-electron chi connectivity index (χ1n) is 6.47. The summed E-state index contributed by atoms with van der Waals surface area (Å²) in [5.41, 5.74) is 1.16. The average Bonchev–Trinajstić information content (AvgIpc) is 2.45. The second-order valence-electron chi connectivity index (χ2n) is 4.76. The lowest BCUT2D eigenvalue weighted by molar-refractivity contribution is -0.145. The van der Waals surface area contributed by atoms with E-state index in [1.165, 1.54) is 7.11 Å². The van der Waals surface area contributed by atoms with E-state index in [2.05, 4.69) is 12.2 Å². The SMILES string of the molecule is COC(=O)C(C)C(C)N[C@@H](C)c1ccc(OC)cc1. The Morgan fingerprint density at radius 1 is 1.11 bits per heavy atom. The Labute approximate surface area is 115 Å². The lowest BCUT2D eigenvalue weighted by Gasteiger charge is -2.24. The topological polar surface area (TPSA) is 47.6 Å². The van der Waals surface area contributed by atoms with E-state index in [9.17, 15) is 4.79 Å². The molecule has 0 amide bonds. The minimum Gasteiger partial charge on any atom is -0.497 e. The molecule has 0 spiro atoms. The number of esters is 1. The van der Waals surface area contributed by atoms with Crippen LogP contribution in [0.5, 0.6) is 5.75 Å². The number of rotatable bonds is 6. The zero-order valence-electron chi connectivity index (χ0n) is 12.3. The molecule has 1 rings (SSSR count). The summed E-state index contributed by atoms with van der Waals surface area (Å²) in [4.78, 5) is 11.5. The summed E-state index contributed by atoms with van der Waals surface area (Å²) in [6, 6.07) is 8.11. The molecule has 19 heavy (non-hydrogen) atoms. The van der Waals surface area contributed by atoms with Gasteiger partial charge in [-0.05, 0) is 31.5 Å². The van der Waals surface area contributed by atoms with Crippen LogP contribution in [-0.2, 0) is 9.53 Å². The van der Waals surface area contributed by atoms with Gasteiger partial charge in [0.1, 0.15) is 5.75 Å². The number of ether oxygens (including phenoxy) is 2. The van der Waals surface area contributed by atoms with Crippen LogP contribution < -0.4 is 10.1 Å². The molecule has 0 aromatic heterocycles. The molecule has 4 heteroatoms. The number of benzene rings is 1. The van der Waals surface area contributed by atoms with Crippen LogP contribution in [0.3, 0.4) is 0 Å². The van der Waals surface area contributed by atoms with Crippen LogP contribution in [0, 0.1) is 5.92 Å². The Balaban J connectivity index is 2.62.